The van der Waals surface area contributed by atoms with E-state index in [9.17, 15) is 13.2 Å². The van der Waals surface area contributed by atoms with E-state index in [1.807, 2.05) is 6.92 Å². The summed E-state index contributed by atoms with van der Waals surface area (Å²) in [5.74, 6) is -1.20. The van der Waals surface area contributed by atoms with Crippen molar-refractivity contribution in [3.05, 3.63) is 29.3 Å². The first-order valence-electron chi connectivity index (χ1n) is 6.13. The fourth-order valence-corrected chi connectivity index (χ4v) is 3.59. The zero-order chi connectivity index (χ0) is 14.2. The van der Waals surface area contributed by atoms with Crippen molar-refractivity contribution >= 4 is 16.0 Å². The summed E-state index contributed by atoms with van der Waals surface area (Å²) in [5, 5.41) is 9.08. The van der Waals surface area contributed by atoms with E-state index in [4.69, 9.17) is 5.11 Å². The lowest BCUT2D eigenvalue weighted by molar-refractivity contribution is -0.139. The van der Waals surface area contributed by atoms with E-state index >= 15 is 0 Å². The monoisotopic (exact) mass is 283 g/mol. The molecule has 5 nitrogen and oxygen atoms in total. The summed E-state index contributed by atoms with van der Waals surface area (Å²) in [6.45, 7) is 3.58. The number of sulfonamides is 1. The van der Waals surface area contributed by atoms with Gasteiger partial charge >= 0.3 is 5.97 Å². The molecule has 0 aromatic heterocycles. The third-order valence-electron chi connectivity index (χ3n) is 3.26. The molecule has 1 unspecified atom stereocenters. The number of carbonyl (C=O) groups is 1. The molecule has 19 heavy (non-hydrogen) atoms. The van der Waals surface area contributed by atoms with Gasteiger partial charge in [0, 0.05) is 0 Å². The van der Waals surface area contributed by atoms with Crippen LogP contribution in [0, 0.1) is 19.8 Å². The average Bonchev–Trinajstić information content (AvgIpc) is 3.08. The number of carboxylic acid groups (broad SMARTS) is 1. The first-order valence-corrected chi connectivity index (χ1v) is 7.62. The van der Waals surface area contributed by atoms with Crippen LogP contribution in [0.15, 0.2) is 23.1 Å². The van der Waals surface area contributed by atoms with Crippen LogP contribution in [0.25, 0.3) is 0 Å². The van der Waals surface area contributed by atoms with Crippen molar-refractivity contribution in [3.8, 4) is 0 Å². The van der Waals surface area contributed by atoms with Gasteiger partial charge in [0.2, 0.25) is 10.0 Å². The molecule has 0 heterocycles. The molecule has 1 aliphatic rings. The molecule has 1 atom stereocenters. The van der Waals surface area contributed by atoms with Gasteiger partial charge in [0.25, 0.3) is 0 Å². The van der Waals surface area contributed by atoms with Crippen LogP contribution < -0.4 is 4.72 Å². The highest BCUT2D eigenvalue weighted by atomic mass is 32.2. The Morgan fingerprint density at radius 1 is 1.37 bits per heavy atom. The summed E-state index contributed by atoms with van der Waals surface area (Å²) >= 11 is 0. The van der Waals surface area contributed by atoms with Crippen molar-refractivity contribution < 1.29 is 18.3 Å². The molecule has 6 heteroatoms. The Morgan fingerprint density at radius 2 is 2.00 bits per heavy atom. The maximum Gasteiger partial charge on any atom is 0.322 e. The molecular weight excluding hydrogens is 266 g/mol. The number of carboxylic acids is 1. The van der Waals surface area contributed by atoms with Crippen LogP contribution in [0.3, 0.4) is 0 Å². The number of rotatable bonds is 5. The van der Waals surface area contributed by atoms with Crippen LogP contribution in [-0.4, -0.2) is 25.5 Å². The van der Waals surface area contributed by atoms with Crippen LogP contribution in [0.2, 0.25) is 0 Å². The number of hydrogen-bond acceptors (Lipinski definition) is 3. The average molecular weight is 283 g/mol. The van der Waals surface area contributed by atoms with Crippen LogP contribution in [-0.2, 0) is 14.8 Å². The molecule has 0 aliphatic heterocycles. The molecule has 1 aromatic carbocycles. The molecule has 1 saturated carbocycles. The van der Waals surface area contributed by atoms with Gasteiger partial charge in [-0.3, -0.25) is 4.79 Å². The fourth-order valence-electron chi connectivity index (χ4n) is 2.11. The van der Waals surface area contributed by atoms with Gasteiger partial charge in [-0.1, -0.05) is 17.7 Å². The van der Waals surface area contributed by atoms with E-state index < -0.39 is 22.0 Å². The summed E-state index contributed by atoms with van der Waals surface area (Å²) in [5.41, 5.74) is 1.58. The molecule has 2 rings (SSSR count). The Kier molecular flexibility index (Phi) is 3.64. The van der Waals surface area contributed by atoms with Crippen molar-refractivity contribution in [3.63, 3.8) is 0 Å². The fraction of sp³-hybridized carbons (Fsp3) is 0.462. The first kappa shape index (κ1) is 14.0. The molecule has 0 radical (unpaired) electrons. The van der Waals surface area contributed by atoms with Gasteiger partial charge in [-0.15, -0.1) is 0 Å². The smallest absolute Gasteiger partial charge is 0.322 e. The molecule has 0 amide bonds. The van der Waals surface area contributed by atoms with Gasteiger partial charge in [0.1, 0.15) is 6.04 Å². The normalized spacial score (nSPS) is 17.2. The molecule has 0 saturated heterocycles. The molecule has 1 fully saturated rings. The minimum atomic E-state index is -3.79. The van der Waals surface area contributed by atoms with E-state index in [-0.39, 0.29) is 10.8 Å². The van der Waals surface area contributed by atoms with Gasteiger partial charge in [-0.25, -0.2) is 8.42 Å². The second-order valence-electron chi connectivity index (χ2n) is 5.04. The minimum absolute atomic E-state index is 0.0852. The molecule has 2 N–H and O–H groups in total. The molecule has 0 spiro atoms. The predicted molar refractivity (Wildman–Crippen MR) is 70.4 cm³/mol. The molecule has 0 bridgehead atoms. The second kappa shape index (κ2) is 4.94. The minimum Gasteiger partial charge on any atom is -0.480 e. The number of aliphatic carboxylic acids is 1. The van der Waals surface area contributed by atoms with Gasteiger partial charge in [-0.2, -0.15) is 4.72 Å². The van der Waals surface area contributed by atoms with Gasteiger partial charge < -0.3 is 5.11 Å². The van der Waals surface area contributed by atoms with Crippen molar-refractivity contribution in [2.24, 2.45) is 5.92 Å². The topological polar surface area (TPSA) is 83.5 Å². The van der Waals surface area contributed by atoms with Crippen molar-refractivity contribution in [2.75, 3.05) is 0 Å². The summed E-state index contributed by atoms with van der Waals surface area (Å²) in [6.07, 6.45) is 1.51. The molecule has 104 valence electrons. The van der Waals surface area contributed by atoms with Gasteiger partial charge in [0.15, 0.2) is 0 Å². The van der Waals surface area contributed by atoms with E-state index in [0.717, 1.165) is 18.4 Å². The lowest BCUT2D eigenvalue weighted by Crippen LogP contribution is -2.42. The van der Waals surface area contributed by atoms with E-state index in [0.29, 0.717) is 5.56 Å². The summed E-state index contributed by atoms with van der Waals surface area (Å²) < 4.78 is 26.8. The second-order valence-corrected chi connectivity index (χ2v) is 6.73. The largest absolute Gasteiger partial charge is 0.480 e. The predicted octanol–water partition coefficient (Wildman–Crippen LogP) is 1.44. The Balaban J connectivity index is 2.29. The first-order chi connectivity index (χ1) is 8.81. The zero-order valence-electron chi connectivity index (χ0n) is 10.9. The quantitative estimate of drug-likeness (QED) is 0.856. The van der Waals surface area contributed by atoms with Gasteiger partial charge in [-0.05, 0) is 44.2 Å². The highest BCUT2D eigenvalue weighted by Gasteiger charge is 2.39. The standard InChI is InChI=1S/C13H17NO4S/c1-8-3-6-11(9(2)7-8)19(17,18)14-12(13(15)16)10-4-5-10/h3,6-7,10,12,14H,4-5H2,1-2H3,(H,15,16). The number of hydrogen-bond donors (Lipinski definition) is 2. The summed E-state index contributed by atoms with van der Waals surface area (Å²) in [4.78, 5) is 11.2. The maximum atomic E-state index is 12.2. The highest BCUT2D eigenvalue weighted by molar-refractivity contribution is 7.89. The Hall–Kier alpha value is -1.40. The van der Waals surface area contributed by atoms with E-state index in [2.05, 4.69) is 4.72 Å². The maximum absolute atomic E-state index is 12.2. The van der Waals surface area contributed by atoms with Gasteiger partial charge in [0.05, 0.1) is 4.90 Å². The number of aryl methyl sites for hydroxylation is 2. The Labute approximate surface area is 112 Å². The Bertz CT molecular complexity index is 605. The van der Waals surface area contributed by atoms with Crippen LogP contribution in [0.1, 0.15) is 24.0 Å². The molecule has 1 aromatic rings. The van der Waals surface area contributed by atoms with Crippen molar-refractivity contribution in [2.45, 2.75) is 37.6 Å². The van der Waals surface area contributed by atoms with Crippen LogP contribution in [0.4, 0.5) is 0 Å². The lowest BCUT2D eigenvalue weighted by atomic mass is 10.2. The van der Waals surface area contributed by atoms with Crippen LogP contribution >= 0.6 is 0 Å². The van der Waals surface area contributed by atoms with Crippen molar-refractivity contribution in [1.82, 2.24) is 4.72 Å². The third kappa shape index (κ3) is 3.13. The van der Waals surface area contributed by atoms with E-state index in [1.165, 1.54) is 6.07 Å². The number of benzene rings is 1. The SMILES string of the molecule is Cc1ccc(S(=O)(=O)NC(C(=O)O)C2CC2)c(C)c1. The summed E-state index contributed by atoms with van der Waals surface area (Å²) in [6, 6.07) is 3.96. The zero-order valence-corrected chi connectivity index (χ0v) is 11.7. The third-order valence-corrected chi connectivity index (χ3v) is 4.86. The summed E-state index contributed by atoms with van der Waals surface area (Å²) in [7, 11) is -3.79. The molecular formula is C13H17NO4S. The molecule has 1 aliphatic carbocycles. The Morgan fingerprint density at radius 3 is 2.47 bits per heavy atom. The van der Waals surface area contributed by atoms with Crippen molar-refractivity contribution in [1.29, 1.82) is 0 Å². The van der Waals surface area contributed by atoms with E-state index in [1.54, 1.807) is 19.1 Å². The number of nitrogens with one attached hydrogen (secondary N) is 1. The lowest BCUT2D eigenvalue weighted by Gasteiger charge is -2.15. The van der Waals surface area contributed by atoms with Crippen LogP contribution in [0.5, 0.6) is 0 Å². The highest BCUT2D eigenvalue weighted by Crippen LogP contribution is 2.33.